The Kier molecular flexibility index (Phi) is 4.90. The highest BCUT2D eigenvalue weighted by Crippen LogP contribution is 2.27. The molecule has 1 aliphatic heterocycles. The zero-order chi connectivity index (χ0) is 15.4. The highest BCUT2D eigenvalue weighted by molar-refractivity contribution is 5.88. The van der Waals surface area contributed by atoms with Crippen molar-refractivity contribution in [2.75, 3.05) is 50.7 Å². The number of rotatable bonds is 6. The van der Waals surface area contributed by atoms with Gasteiger partial charge in [0.2, 0.25) is 0 Å². The van der Waals surface area contributed by atoms with Gasteiger partial charge in [0.25, 0.3) is 0 Å². The molecule has 0 atom stereocenters. The quantitative estimate of drug-likeness (QED) is 0.828. The minimum absolute atomic E-state index is 0.291. The zero-order valence-corrected chi connectivity index (χ0v) is 13.0. The first-order valence-electron chi connectivity index (χ1n) is 8.01. The van der Waals surface area contributed by atoms with Crippen molar-refractivity contribution in [1.82, 2.24) is 15.4 Å². The standard InChI is InChI=1S/C16H23FN4O/c1-2-18-6-3-7-20-8-10-21(11-9-20)16-14-5-4-13(17)12-15(14)22-19-16/h4-5,12,18H,2-3,6-11H2,1H3. The van der Waals surface area contributed by atoms with Crippen LogP contribution in [0.15, 0.2) is 22.7 Å². The van der Waals surface area contributed by atoms with Gasteiger partial charge in [0.1, 0.15) is 5.82 Å². The van der Waals surface area contributed by atoms with Crippen LogP contribution in [-0.4, -0.2) is 55.9 Å². The molecule has 2 heterocycles. The minimum Gasteiger partial charge on any atom is -0.354 e. The summed E-state index contributed by atoms with van der Waals surface area (Å²) in [6.07, 6.45) is 1.18. The summed E-state index contributed by atoms with van der Waals surface area (Å²) in [5.74, 6) is 0.544. The second-order valence-electron chi connectivity index (χ2n) is 5.68. The van der Waals surface area contributed by atoms with Crippen LogP contribution in [0.4, 0.5) is 10.2 Å². The van der Waals surface area contributed by atoms with Crippen molar-refractivity contribution in [3.05, 3.63) is 24.0 Å². The van der Waals surface area contributed by atoms with Crippen molar-refractivity contribution in [3.63, 3.8) is 0 Å². The maximum Gasteiger partial charge on any atom is 0.180 e. The lowest BCUT2D eigenvalue weighted by molar-refractivity contribution is 0.253. The normalized spacial score (nSPS) is 16.5. The van der Waals surface area contributed by atoms with E-state index in [4.69, 9.17) is 4.52 Å². The van der Waals surface area contributed by atoms with Gasteiger partial charge < -0.3 is 14.7 Å². The second kappa shape index (κ2) is 7.07. The third-order valence-electron chi connectivity index (χ3n) is 4.16. The van der Waals surface area contributed by atoms with Crippen LogP contribution in [0.25, 0.3) is 11.0 Å². The molecule has 3 rings (SSSR count). The Balaban J connectivity index is 1.56. The van der Waals surface area contributed by atoms with E-state index < -0.39 is 0 Å². The second-order valence-corrected chi connectivity index (χ2v) is 5.68. The summed E-state index contributed by atoms with van der Waals surface area (Å²) in [7, 11) is 0. The van der Waals surface area contributed by atoms with Gasteiger partial charge in [-0.3, -0.25) is 4.90 Å². The van der Waals surface area contributed by atoms with Gasteiger partial charge in [0, 0.05) is 32.2 Å². The van der Waals surface area contributed by atoms with Gasteiger partial charge >= 0.3 is 0 Å². The largest absolute Gasteiger partial charge is 0.354 e. The van der Waals surface area contributed by atoms with Gasteiger partial charge in [-0.2, -0.15) is 0 Å². The Morgan fingerprint density at radius 1 is 1.27 bits per heavy atom. The van der Waals surface area contributed by atoms with Crippen molar-refractivity contribution in [2.45, 2.75) is 13.3 Å². The van der Waals surface area contributed by atoms with E-state index in [0.29, 0.717) is 5.58 Å². The number of fused-ring (bicyclic) bond motifs is 1. The Morgan fingerprint density at radius 2 is 2.09 bits per heavy atom. The third-order valence-corrected chi connectivity index (χ3v) is 4.16. The van der Waals surface area contributed by atoms with E-state index in [9.17, 15) is 4.39 Å². The molecule has 0 unspecified atom stereocenters. The number of aromatic nitrogens is 1. The fourth-order valence-electron chi connectivity index (χ4n) is 2.91. The molecule has 22 heavy (non-hydrogen) atoms. The predicted molar refractivity (Wildman–Crippen MR) is 85.8 cm³/mol. The van der Waals surface area contributed by atoms with Gasteiger partial charge in [0.15, 0.2) is 11.4 Å². The Hall–Kier alpha value is -1.66. The van der Waals surface area contributed by atoms with E-state index in [1.165, 1.54) is 18.6 Å². The molecule has 0 amide bonds. The monoisotopic (exact) mass is 306 g/mol. The summed E-state index contributed by atoms with van der Waals surface area (Å²) in [4.78, 5) is 4.71. The molecule has 1 aliphatic rings. The van der Waals surface area contributed by atoms with E-state index in [1.807, 2.05) is 0 Å². The van der Waals surface area contributed by atoms with Crippen LogP contribution < -0.4 is 10.2 Å². The molecule has 0 saturated carbocycles. The van der Waals surface area contributed by atoms with Crippen molar-refractivity contribution in [1.29, 1.82) is 0 Å². The fraction of sp³-hybridized carbons (Fsp3) is 0.562. The van der Waals surface area contributed by atoms with Crippen LogP contribution in [-0.2, 0) is 0 Å². The molecular formula is C16H23FN4O. The maximum absolute atomic E-state index is 13.2. The molecular weight excluding hydrogens is 283 g/mol. The molecule has 5 nitrogen and oxygen atoms in total. The molecule has 2 aromatic rings. The van der Waals surface area contributed by atoms with Gasteiger partial charge in [-0.25, -0.2) is 4.39 Å². The molecule has 1 saturated heterocycles. The highest BCUT2D eigenvalue weighted by atomic mass is 19.1. The fourth-order valence-corrected chi connectivity index (χ4v) is 2.91. The molecule has 0 spiro atoms. The smallest absolute Gasteiger partial charge is 0.180 e. The summed E-state index contributed by atoms with van der Waals surface area (Å²) in [5, 5.41) is 8.37. The van der Waals surface area contributed by atoms with Gasteiger partial charge in [-0.15, -0.1) is 0 Å². The molecule has 0 bridgehead atoms. The van der Waals surface area contributed by atoms with Gasteiger partial charge in [-0.1, -0.05) is 12.1 Å². The summed E-state index contributed by atoms with van der Waals surface area (Å²) in [5.41, 5.74) is 0.517. The number of nitrogens with zero attached hydrogens (tertiary/aromatic N) is 3. The number of piperazine rings is 1. The highest BCUT2D eigenvalue weighted by Gasteiger charge is 2.21. The van der Waals surface area contributed by atoms with Gasteiger partial charge in [0.05, 0.1) is 5.39 Å². The van der Waals surface area contributed by atoms with Crippen LogP contribution in [0, 0.1) is 5.82 Å². The summed E-state index contributed by atoms with van der Waals surface area (Å²) < 4.78 is 18.4. The summed E-state index contributed by atoms with van der Waals surface area (Å²) in [6.45, 7) is 9.30. The first kappa shape index (κ1) is 15.2. The van der Waals surface area contributed by atoms with Crippen LogP contribution in [0.3, 0.4) is 0 Å². The molecule has 1 fully saturated rings. The lowest BCUT2D eigenvalue weighted by Gasteiger charge is -2.34. The van der Waals surface area contributed by atoms with Crippen LogP contribution in [0.5, 0.6) is 0 Å². The number of nitrogens with one attached hydrogen (secondary N) is 1. The Morgan fingerprint density at radius 3 is 2.86 bits per heavy atom. The molecule has 1 aromatic carbocycles. The van der Waals surface area contributed by atoms with E-state index >= 15 is 0 Å². The first-order chi connectivity index (χ1) is 10.8. The first-order valence-corrected chi connectivity index (χ1v) is 8.01. The van der Waals surface area contributed by atoms with Crippen LogP contribution >= 0.6 is 0 Å². The van der Waals surface area contributed by atoms with Crippen molar-refractivity contribution >= 4 is 16.8 Å². The average Bonchev–Trinajstić information content (AvgIpc) is 2.95. The van der Waals surface area contributed by atoms with Crippen LogP contribution in [0.2, 0.25) is 0 Å². The number of hydrogen-bond acceptors (Lipinski definition) is 5. The lowest BCUT2D eigenvalue weighted by Crippen LogP contribution is -2.47. The molecule has 6 heteroatoms. The van der Waals surface area contributed by atoms with Crippen LogP contribution in [0.1, 0.15) is 13.3 Å². The Bertz CT molecular complexity index is 607. The molecule has 0 aliphatic carbocycles. The SMILES string of the molecule is CCNCCCN1CCN(c2noc3cc(F)ccc23)CC1. The maximum atomic E-state index is 13.2. The molecule has 1 N–H and O–H groups in total. The molecule has 120 valence electrons. The van der Waals surface area contributed by atoms with E-state index in [0.717, 1.165) is 57.0 Å². The molecule has 0 radical (unpaired) electrons. The zero-order valence-electron chi connectivity index (χ0n) is 13.0. The van der Waals surface area contributed by atoms with E-state index in [2.05, 4.69) is 27.2 Å². The summed E-state index contributed by atoms with van der Waals surface area (Å²) in [6, 6.07) is 4.60. The average molecular weight is 306 g/mol. The minimum atomic E-state index is -0.291. The Labute approximate surface area is 130 Å². The topological polar surface area (TPSA) is 44.5 Å². The van der Waals surface area contributed by atoms with E-state index in [1.54, 1.807) is 6.07 Å². The van der Waals surface area contributed by atoms with Crippen molar-refractivity contribution in [2.24, 2.45) is 0 Å². The summed E-state index contributed by atoms with van der Waals surface area (Å²) >= 11 is 0. The van der Waals surface area contributed by atoms with Gasteiger partial charge in [-0.05, 0) is 38.2 Å². The van der Waals surface area contributed by atoms with E-state index in [-0.39, 0.29) is 5.82 Å². The third kappa shape index (κ3) is 3.39. The number of hydrogen-bond donors (Lipinski definition) is 1. The van der Waals surface area contributed by atoms with Crippen molar-refractivity contribution in [3.8, 4) is 0 Å². The lowest BCUT2D eigenvalue weighted by atomic mass is 10.2. The number of anilines is 1. The predicted octanol–water partition coefficient (Wildman–Crippen LogP) is 2.09. The number of halogens is 1. The molecule has 1 aromatic heterocycles. The number of benzene rings is 1. The van der Waals surface area contributed by atoms with Crippen molar-refractivity contribution < 1.29 is 8.91 Å².